The van der Waals surface area contributed by atoms with Crippen LogP contribution in [-0.2, 0) is 6.42 Å². The van der Waals surface area contributed by atoms with E-state index in [1.54, 1.807) is 18.9 Å². The van der Waals surface area contributed by atoms with Crippen molar-refractivity contribution in [2.75, 3.05) is 41.9 Å². The van der Waals surface area contributed by atoms with Gasteiger partial charge in [0.2, 0.25) is 5.76 Å². The lowest BCUT2D eigenvalue weighted by molar-refractivity contribution is 0.0663. The Bertz CT molecular complexity index is 1840. The minimum Gasteiger partial charge on any atom is -0.475 e. The normalized spacial score (nSPS) is 13.3. The van der Waals surface area contributed by atoms with Gasteiger partial charge in [0.1, 0.15) is 5.58 Å². The average Bonchev–Trinajstić information content (AvgIpc) is 3.40. The van der Waals surface area contributed by atoms with Crippen LogP contribution in [0.15, 0.2) is 100 Å². The van der Waals surface area contributed by atoms with Crippen molar-refractivity contribution in [1.82, 2.24) is 4.90 Å². The lowest BCUT2D eigenvalue weighted by atomic mass is 10.1. The molecule has 0 atom stereocenters. The summed E-state index contributed by atoms with van der Waals surface area (Å²) in [6.07, 6.45) is 0.858. The number of anilines is 2. The van der Waals surface area contributed by atoms with Gasteiger partial charge in [0.15, 0.2) is 0 Å². The molecule has 45 heavy (non-hydrogen) atoms. The smallest absolute Gasteiger partial charge is 0.372 e. The highest BCUT2D eigenvalue weighted by atomic mass is 32.2. The summed E-state index contributed by atoms with van der Waals surface area (Å²) >= 11 is 1.64. The Hall–Kier alpha value is -4.69. The largest absolute Gasteiger partial charge is 0.475 e. The minimum atomic E-state index is -1.06. The number of hydrogen-bond acceptors (Lipinski definition) is 6. The Balaban J connectivity index is 1.25. The quantitative estimate of drug-likeness (QED) is 0.169. The average molecular weight is 620 g/mol. The van der Waals surface area contributed by atoms with E-state index in [4.69, 9.17) is 4.42 Å². The first kappa shape index (κ1) is 30.3. The van der Waals surface area contributed by atoms with Gasteiger partial charge in [-0.25, -0.2) is 4.79 Å². The zero-order valence-electron chi connectivity index (χ0n) is 25.8. The number of aryl methyl sites for hydroxylation is 3. The summed E-state index contributed by atoms with van der Waals surface area (Å²) in [6, 6.07) is 30.7. The highest BCUT2D eigenvalue weighted by molar-refractivity contribution is 8.00. The van der Waals surface area contributed by atoms with Crippen LogP contribution in [0.25, 0.3) is 11.0 Å². The number of amides is 1. The van der Waals surface area contributed by atoms with Gasteiger partial charge in [-0.15, -0.1) is 0 Å². The fourth-order valence-corrected chi connectivity index (χ4v) is 6.82. The standard InChI is InChI=1S/C37H37N3O4S/c1-25-13-14-29(23-26(25)2)36(41)39-21-19-38(20-22-39)32-11-7-8-12-33(32)40(18-17-28-9-5-4-6-10-28)45-30-15-16-34-31(24-30)27(3)35(44-34)37(42)43/h4-16,23-24H,17-22H2,1-3H3,(H,42,43). The fourth-order valence-electron chi connectivity index (χ4n) is 5.83. The molecule has 5 aromatic rings. The Kier molecular flexibility index (Phi) is 8.85. The zero-order chi connectivity index (χ0) is 31.5. The Morgan fingerprint density at radius 1 is 0.844 bits per heavy atom. The number of furan rings is 1. The second kappa shape index (κ2) is 13.1. The van der Waals surface area contributed by atoms with Gasteiger partial charge in [-0.2, -0.15) is 0 Å². The summed E-state index contributed by atoms with van der Waals surface area (Å²) in [5.74, 6) is -0.997. The van der Waals surface area contributed by atoms with Crippen molar-refractivity contribution in [3.63, 3.8) is 0 Å². The number of piperazine rings is 1. The predicted molar refractivity (Wildman–Crippen MR) is 182 cm³/mol. The number of carboxylic acids is 1. The van der Waals surface area contributed by atoms with E-state index in [1.165, 1.54) is 11.1 Å². The molecular weight excluding hydrogens is 582 g/mol. The van der Waals surface area contributed by atoms with Gasteiger partial charge in [-0.3, -0.25) is 4.79 Å². The van der Waals surface area contributed by atoms with Crippen LogP contribution in [0.5, 0.6) is 0 Å². The first-order valence-corrected chi connectivity index (χ1v) is 16.0. The molecule has 1 aromatic heterocycles. The maximum atomic E-state index is 13.3. The molecule has 1 N–H and O–H groups in total. The second-order valence-electron chi connectivity index (χ2n) is 11.5. The van der Waals surface area contributed by atoms with Gasteiger partial charge in [0, 0.05) is 54.1 Å². The topological polar surface area (TPSA) is 77.2 Å². The summed E-state index contributed by atoms with van der Waals surface area (Å²) < 4.78 is 7.94. The molecule has 0 radical (unpaired) electrons. The Labute approximate surface area is 268 Å². The van der Waals surface area contributed by atoms with Crippen molar-refractivity contribution >= 4 is 46.2 Å². The summed E-state index contributed by atoms with van der Waals surface area (Å²) in [5.41, 5.74) is 7.75. The third-order valence-electron chi connectivity index (χ3n) is 8.58. The molecule has 7 nitrogen and oxygen atoms in total. The molecule has 1 saturated heterocycles. The van der Waals surface area contributed by atoms with Crippen molar-refractivity contribution in [2.45, 2.75) is 32.1 Å². The van der Waals surface area contributed by atoms with Crippen LogP contribution in [0.1, 0.15) is 43.2 Å². The van der Waals surface area contributed by atoms with Crippen molar-refractivity contribution in [2.24, 2.45) is 0 Å². The highest BCUT2D eigenvalue weighted by Crippen LogP contribution is 2.38. The van der Waals surface area contributed by atoms with Gasteiger partial charge in [0.05, 0.1) is 11.4 Å². The van der Waals surface area contributed by atoms with Crippen LogP contribution in [0.3, 0.4) is 0 Å². The van der Waals surface area contributed by atoms with Crippen LogP contribution < -0.4 is 9.21 Å². The molecule has 0 unspecified atom stereocenters. The molecule has 0 spiro atoms. The number of carboxylic acid groups (broad SMARTS) is 1. The maximum absolute atomic E-state index is 13.3. The third-order valence-corrected chi connectivity index (χ3v) is 9.64. The molecule has 1 aliphatic rings. The molecule has 2 heterocycles. The third kappa shape index (κ3) is 6.56. The van der Waals surface area contributed by atoms with E-state index in [-0.39, 0.29) is 11.7 Å². The van der Waals surface area contributed by atoms with Gasteiger partial charge < -0.3 is 23.6 Å². The van der Waals surface area contributed by atoms with Crippen LogP contribution in [0.2, 0.25) is 0 Å². The van der Waals surface area contributed by atoms with Crippen molar-refractivity contribution < 1.29 is 19.1 Å². The van der Waals surface area contributed by atoms with Crippen LogP contribution in [-0.4, -0.2) is 54.6 Å². The number of nitrogens with zero attached hydrogens (tertiary/aromatic N) is 3. The van der Waals surface area contributed by atoms with Gasteiger partial charge in [-0.05, 0) is 98.3 Å². The number of carbonyl (C=O) groups is 2. The van der Waals surface area contributed by atoms with Crippen LogP contribution in [0, 0.1) is 20.8 Å². The van der Waals surface area contributed by atoms with Crippen LogP contribution in [0.4, 0.5) is 11.4 Å². The van der Waals surface area contributed by atoms with E-state index in [9.17, 15) is 14.7 Å². The monoisotopic (exact) mass is 619 g/mol. The van der Waals surface area contributed by atoms with E-state index in [2.05, 4.69) is 64.7 Å². The Morgan fingerprint density at radius 3 is 2.31 bits per heavy atom. The van der Waals surface area contributed by atoms with Crippen molar-refractivity contribution in [1.29, 1.82) is 0 Å². The number of aromatic carboxylic acids is 1. The van der Waals surface area contributed by atoms with Gasteiger partial charge in [0.25, 0.3) is 5.91 Å². The Morgan fingerprint density at radius 2 is 1.58 bits per heavy atom. The molecular formula is C37H37N3O4S. The molecule has 1 aliphatic heterocycles. The van der Waals surface area contributed by atoms with Crippen molar-refractivity contribution in [3.05, 3.63) is 125 Å². The van der Waals surface area contributed by atoms with Gasteiger partial charge >= 0.3 is 5.97 Å². The molecule has 0 bridgehead atoms. The predicted octanol–water partition coefficient (Wildman–Crippen LogP) is 7.78. The zero-order valence-corrected chi connectivity index (χ0v) is 26.6. The van der Waals surface area contributed by atoms with Crippen molar-refractivity contribution in [3.8, 4) is 0 Å². The molecule has 1 fully saturated rings. The van der Waals surface area contributed by atoms with E-state index in [0.717, 1.165) is 58.8 Å². The molecule has 0 aliphatic carbocycles. The first-order chi connectivity index (χ1) is 21.8. The molecule has 4 aromatic carbocycles. The van der Waals surface area contributed by atoms with Crippen LogP contribution >= 0.6 is 11.9 Å². The summed E-state index contributed by atoms with van der Waals surface area (Å²) in [7, 11) is 0. The number of rotatable bonds is 9. The van der Waals surface area contributed by atoms with E-state index < -0.39 is 5.97 Å². The van der Waals surface area contributed by atoms with E-state index >= 15 is 0 Å². The SMILES string of the molecule is Cc1ccc(C(=O)N2CCN(c3ccccc3N(CCc3ccccc3)Sc3ccc4oc(C(=O)O)c(C)c4c3)CC2)cc1C. The highest BCUT2D eigenvalue weighted by Gasteiger charge is 2.25. The lowest BCUT2D eigenvalue weighted by Gasteiger charge is -2.38. The molecule has 1 amide bonds. The molecule has 6 rings (SSSR count). The first-order valence-electron chi connectivity index (χ1n) is 15.2. The second-order valence-corrected chi connectivity index (χ2v) is 12.6. The summed E-state index contributed by atoms with van der Waals surface area (Å²) in [6.45, 7) is 9.44. The number of benzene rings is 4. The number of para-hydroxylation sites is 2. The summed E-state index contributed by atoms with van der Waals surface area (Å²) in [5, 5.41) is 10.4. The number of carbonyl (C=O) groups excluding carboxylic acids is 1. The lowest BCUT2D eigenvalue weighted by Crippen LogP contribution is -2.49. The fraction of sp³-hybridized carbons (Fsp3) is 0.243. The number of hydrogen-bond donors (Lipinski definition) is 1. The van der Waals surface area contributed by atoms with E-state index in [1.807, 2.05) is 54.3 Å². The molecule has 230 valence electrons. The summed E-state index contributed by atoms with van der Waals surface area (Å²) in [4.78, 5) is 30.3. The molecule has 8 heteroatoms. The minimum absolute atomic E-state index is 0.0198. The van der Waals surface area contributed by atoms with Gasteiger partial charge in [-0.1, -0.05) is 48.5 Å². The van der Waals surface area contributed by atoms with E-state index in [0.29, 0.717) is 24.2 Å². The number of fused-ring (bicyclic) bond motifs is 1. The maximum Gasteiger partial charge on any atom is 0.372 e. The molecule has 0 saturated carbocycles.